The van der Waals surface area contributed by atoms with Gasteiger partial charge in [-0.1, -0.05) is 34.1 Å². The van der Waals surface area contributed by atoms with Crippen LogP contribution in [-0.4, -0.2) is 18.5 Å². The van der Waals surface area contributed by atoms with Gasteiger partial charge in [0.25, 0.3) is 5.91 Å². The molecule has 23 heavy (non-hydrogen) atoms. The lowest BCUT2D eigenvalue weighted by Gasteiger charge is -2.08. The average Bonchev–Trinajstić information content (AvgIpc) is 2.50. The largest absolute Gasteiger partial charge is 0.455 e. The third kappa shape index (κ3) is 5.49. The lowest BCUT2D eigenvalue weighted by Crippen LogP contribution is -2.22. The van der Waals surface area contributed by atoms with Crippen molar-refractivity contribution >= 4 is 33.5 Å². The van der Waals surface area contributed by atoms with Crippen LogP contribution in [0.2, 0.25) is 0 Å². The van der Waals surface area contributed by atoms with Crippen LogP contribution in [0.4, 0.5) is 10.1 Å². The highest BCUT2D eigenvalue weighted by Gasteiger charge is 2.11. The van der Waals surface area contributed by atoms with E-state index in [0.29, 0.717) is 0 Å². The van der Waals surface area contributed by atoms with Crippen molar-refractivity contribution in [2.45, 2.75) is 13.3 Å². The van der Waals surface area contributed by atoms with Crippen LogP contribution < -0.4 is 5.32 Å². The van der Waals surface area contributed by atoms with Crippen molar-refractivity contribution in [3.63, 3.8) is 0 Å². The number of hydrogen-bond acceptors (Lipinski definition) is 3. The molecule has 0 spiro atoms. The van der Waals surface area contributed by atoms with E-state index in [-0.39, 0.29) is 12.1 Å². The fraction of sp³-hybridized carbons (Fsp3) is 0.176. The molecule has 0 aliphatic rings. The number of anilines is 1. The molecule has 0 unspecified atom stereocenters. The zero-order chi connectivity index (χ0) is 16.8. The predicted molar refractivity (Wildman–Crippen MR) is 88.6 cm³/mol. The van der Waals surface area contributed by atoms with Gasteiger partial charge in [-0.15, -0.1) is 0 Å². The third-order valence-electron chi connectivity index (χ3n) is 3.02. The van der Waals surface area contributed by atoms with E-state index in [4.69, 9.17) is 4.74 Å². The molecule has 0 saturated heterocycles. The molecule has 1 N–H and O–H groups in total. The van der Waals surface area contributed by atoms with E-state index < -0.39 is 24.3 Å². The third-order valence-corrected chi connectivity index (χ3v) is 3.55. The Hall–Kier alpha value is -2.21. The second-order valence-electron chi connectivity index (χ2n) is 5.00. The highest BCUT2D eigenvalue weighted by Crippen LogP contribution is 2.15. The van der Waals surface area contributed by atoms with E-state index in [0.717, 1.165) is 15.6 Å². The molecule has 120 valence electrons. The first kappa shape index (κ1) is 17.1. The number of carbonyl (C=O) groups is 2. The van der Waals surface area contributed by atoms with Crippen LogP contribution in [0.3, 0.4) is 0 Å². The number of amides is 1. The van der Waals surface area contributed by atoms with Crippen LogP contribution in [0.1, 0.15) is 11.1 Å². The molecule has 6 heteroatoms. The predicted octanol–water partition coefficient (Wildman–Crippen LogP) is 3.62. The van der Waals surface area contributed by atoms with Crippen molar-refractivity contribution in [1.29, 1.82) is 0 Å². The number of carbonyl (C=O) groups excluding carboxylic acids is 2. The Balaban J connectivity index is 1.81. The van der Waals surface area contributed by atoms with E-state index >= 15 is 0 Å². The molecule has 0 fully saturated rings. The number of hydrogen-bond donors (Lipinski definition) is 1. The molecule has 2 aromatic carbocycles. The Labute approximate surface area is 141 Å². The molecular formula is C17H15BrFNO3. The summed E-state index contributed by atoms with van der Waals surface area (Å²) >= 11 is 3.30. The molecule has 0 saturated carbocycles. The summed E-state index contributed by atoms with van der Waals surface area (Å²) in [5, 5.41) is 2.37. The first-order valence-electron chi connectivity index (χ1n) is 6.90. The Kier molecular flexibility index (Phi) is 5.87. The highest BCUT2D eigenvalue weighted by molar-refractivity contribution is 9.10. The number of aryl methyl sites for hydroxylation is 1. The summed E-state index contributed by atoms with van der Waals surface area (Å²) in [5.74, 6) is -1.64. The molecular weight excluding hydrogens is 365 g/mol. The van der Waals surface area contributed by atoms with Gasteiger partial charge in [-0.05, 0) is 42.3 Å². The Morgan fingerprint density at radius 3 is 2.52 bits per heavy atom. The smallest absolute Gasteiger partial charge is 0.310 e. The average molecular weight is 380 g/mol. The molecule has 0 heterocycles. The quantitative estimate of drug-likeness (QED) is 0.807. The van der Waals surface area contributed by atoms with Crippen LogP contribution in [-0.2, 0) is 20.7 Å². The maximum Gasteiger partial charge on any atom is 0.310 e. The van der Waals surface area contributed by atoms with Gasteiger partial charge in [0.2, 0.25) is 0 Å². The van der Waals surface area contributed by atoms with Crippen LogP contribution in [0, 0.1) is 12.7 Å². The molecule has 4 nitrogen and oxygen atoms in total. The number of esters is 1. The number of ether oxygens (including phenoxy) is 1. The second kappa shape index (κ2) is 7.87. The van der Waals surface area contributed by atoms with E-state index in [1.165, 1.54) is 12.1 Å². The summed E-state index contributed by atoms with van der Waals surface area (Å²) in [6.45, 7) is 1.29. The fourth-order valence-electron chi connectivity index (χ4n) is 1.87. The summed E-state index contributed by atoms with van der Waals surface area (Å²) < 4.78 is 19.4. The molecule has 1 amide bonds. The van der Waals surface area contributed by atoms with Crippen molar-refractivity contribution in [3.8, 4) is 0 Å². The summed E-state index contributed by atoms with van der Waals surface area (Å²) in [7, 11) is 0. The molecule has 2 aromatic rings. The molecule has 0 bridgehead atoms. The second-order valence-corrected chi connectivity index (χ2v) is 5.91. The summed E-state index contributed by atoms with van der Waals surface area (Å²) in [6.07, 6.45) is 0.0689. The number of benzene rings is 2. The standard InChI is InChI=1S/C17H15BrFNO3/c1-11-2-7-15(14(19)8-11)20-16(21)10-23-17(22)9-12-3-5-13(18)6-4-12/h2-8H,9-10H2,1H3,(H,20,21). The minimum absolute atomic E-state index is 0.0598. The summed E-state index contributed by atoms with van der Waals surface area (Å²) in [6, 6.07) is 11.7. The Morgan fingerprint density at radius 2 is 1.87 bits per heavy atom. The SMILES string of the molecule is Cc1ccc(NC(=O)COC(=O)Cc2ccc(Br)cc2)c(F)c1. The number of halogens is 2. The normalized spacial score (nSPS) is 10.2. The van der Waals surface area contributed by atoms with Crippen LogP contribution in [0.5, 0.6) is 0 Å². The van der Waals surface area contributed by atoms with Gasteiger partial charge in [-0.25, -0.2) is 4.39 Å². The summed E-state index contributed by atoms with van der Waals surface area (Å²) in [5.41, 5.74) is 1.59. The van der Waals surface area contributed by atoms with Crippen LogP contribution in [0.25, 0.3) is 0 Å². The van der Waals surface area contributed by atoms with Gasteiger partial charge in [-0.2, -0.15) is 0 Å². The molecule has 2 rings (SSSR count). The minimum Gasteiger partial charge on any atom is -0.455 e. The van der Waals surface area contributed by atoms with Gasteiger partial charge in [0.05, 0.1) is 12.1 Å². The molecule has 0 aliphatic heterocycles. The van der Waals surface area contributed by atoms with Crippen molar-refractivity contribution in [3.05, 3.63) is 63.9 Å². The van der Waals surface area contributed by atoms with Crippen molar-refractivity contribution in [2.75, 3.05) is 11.9 Å². The van der Waals surface area contributed by atoms with Gasteiger partial charge in [-0.3, -0.25) is 9.59 Å². The topological polar surface area (TPSA) is 55.4 Å². The number of rotatable bonds is 5. The van der Waals surface area contributed by atoms with Gasteiger partial charge < -0.3 is 10.1 Å². The Bertz CT molecular complexity index is 716. The maximum atomic E-state index is 13.6. The highest BCUT2D eigenvalue weighted by atomic mass is 79.9. The lowest BCUT2D eigenvalue weighted by atomic mass is 10.2. The summed E-state index contributed by atoms with van der Waals surface area (Å²) in [4.78, 5) is 23.4. The van der Waals surface area contributed by atoms with Gasteiger partial charge in [0.1, 0.15) is 5.82 Å². The zero-order valence-corrected chi connectivity index (χ0v) is 14.0. The van der Waals surface area contributed by atoms with E-state index in [2.05, 4.69) is 21.2 Å². The van der Waals surface area contributed by atoms with Gasteiger partial charge in [0.15, 0.2) is 6.61 Å². The first-order valence-corrected chi connectivity index (χ1v) is 7.69. The van der Waals surface area contributed by atoms with Crippen molar-refractivity contribution in [2.24, 2.45) is 0 Å². The van der Waals surface area contributed by atoms with Crippen molar-refractivity contribution in [1.82, 2.24) is 0 Å². The Morgan fingerprint density at radius 1 is 1.17 bits per heavy atom. The molecule has 0 radical (unpaired) electrons. The molecule has 0 aliphatic carbocycles. The first-order chi connectivity index (χ1) is 10.9. The van der Waals surface area contributed by atoms with E-state index in [9.17, 15) is 14.0 Å². The number of nitrogens with one attached hydrogen (secondary N) is 1. The maximum absolute atomic E-state index is 13.6. The fourth-order valence-corrected chi connectivity index (χ4v) is 2.14. The monoisotopic (exact) mass is 379 g/mol. The van der Waals surface area contributed by atoms with Crippen LogP contribution in [0.15, 0.2) is 46.9 Å². The minimum atomic E-state index is -0.586. The van der Waals surface area contributed by atoms with E-state index in [1.807, 2.05) is 12.1 Å². The zero-order valence-electron chi connectivity index (χ0n) is 12.4. The molecule has 0 atom stereocenters. The van der Waals surface area contributed by atoms with Gasteiger partial charge >= 0.3 is 5.97 Å². The van der Waals surface area contributed by atoms with Gasteiger partial charge in [0, 0.05) is 4.47 Å². The van der Waals surface area contributed by atoms with E-state index in [1.54, 1.807) is 25.1 Å². The molecule has 0 aromatic heterocycles. The lowest BCUT2D eigenvalue weighted by molar-refractivity contribution is -0.146. The van der Waals surface area contributed by atoms with Crippen LogP contribution >= 0.6 is 15.9 Å². The van der Waals surface area contributed by atoms with Crippen molar-refractivity contribution < 1.29 is 18.7 Å².